The van der Waals surface area contributed by atoms with Crippen molar-refractivity contribution in [2.75, 3.05) is 18.5 Å². The van der Waals surface area contributed by atoms with Crippen molar-refractivity contribution in [3.63, 3.8) is 0 Å². The molecule has 3 N–H and O–H groups in total. The van der Waals surface area contributed by atoms with Crippen molar-refractivity contribution in [2.45, 2.75) is 6.42 Å². The number of carboxylic acid groups (broad SMARTS) is 2. The maximum atomic E-state index is 10.8. The molecule has 0 aromatic carbocycles. The minimum absolute atomic E-state index is 0.0125. The monoisotopic (exact) mass is 454 g/mol. The number of hydrogen-bond donors (Lipinski definition) is 3. The fourth-order valence-electron chi connectivity index (χ4n) is 2.70. The number of carboxylic acids is 1. The number of aromatic nitrogens is 5. The summed E-state index contributed by atoms with van der Waals surface area (Å²) >= 11 is 1.53. The van der Waals surface area contributed by atoms with Gasteiger partial charge in [0, 0.05) is 29.9 Å². The van der Waals surface area contributed by atoms with Gasteiger partial charge in [-0.05, 0) is 18.6 Å². The third kappa shape index (κ3) is 5.70. The van der Waals surface area contributed by atoms with Crippen LogP contribution in [0.1, 0.15) is 16.9 Å². The molecule has 4 heterocycles. The van der Waals surface area contributed by atoms with E-state index in [1.165, 1.54) is 29.9 Å². The number of nitrogens with zero attached hydrogens (tertiary/aromatic N) is 5. The highest BCUT2D eigenvalue weighted by Crippen LogP contribution is 2.35. The standard InChI is InChI=1S/C19H16N6O3S.CH2O2/c26-19(27)14-3-2-12(8-23-14)28-7-1-4-22-17-16-13(15-9-20-5-6-21-15)10-29-18(16)25-11-24-17;2-1-3/h2-3,5-6,8-11H,1,4,7H2,(H,26,27)(H,22,24,25);1H,(H,2,3). The van der Waals surface area contributed by atoms with Gasteiger partial charge in [-0.25, -0.2) is 19.7 Å². The van der Waals surface area contributed by atoms with E-state index in [0.29, 0.717) is 18.9 Å². The normalized spacial score (nSPS) is 10.1. The first-order valence-electron chi connectivity index (χ1n) is 9.26. The summed E-state index contributed by atoms with van der Waals surface area (Å²) in [5, 5.41) is 22.0. The molecule has 4 aromatic heterocycles. The van der Waals surface area contributed by atoms with E-state index in [2.05, 4.69) is 30.2 Å². The van der Waals surface area contributed by atoms with Gasteiger partial charge < -0.3 is 20.3 Å². The summed E-state index contributed by atoms with van der Waals surface area (Å²) in [5.74, 6) is 0.206. The Hall–Kier alpha value is -4.19. The average molecular weight is 454 g/mol. The third-order valence-electron chi connectivity index (χ3n) is 4.05. The van der Waals surface area contributed by atoms with Crippen LogP contribution in [0.4, 0.5) is 5.82 Å². The van der Waals surface area contributed by atoms with Gasteiger partial charge in [-0.15, -0.1) is 11.3 Å². The predicted octanol–water partition coefficient (Wildman–Crippen LogP) is 2.82. The van der Waals surface area contributed by atoms with Crippen molar-refractivity contribution in [2.24, 2.45) is 0 Å². The van der Waals surface area contributed by atoms with E-state index in [4.69, 9.17) is 19.7 Å². The topological polar surface area (TPSA) is 160 Å². The number of pyridine rings is 1. The van der Waals surface area contributed by atoms with E-state index in [1.54, 1.807) is 24.7 Å². The summed E-state index contributed by atoms with van der Waals surface area (Å²) in [4.78, 5) is 41.1. The van der Waals surface area contributed by atoms with E-state index in [1.807, 2.05) is 5.38 Å². The number of ether oxygens (including phenoxy) is 1. The highest BCUT2D eigenvalue weighted by atomic mass is 32.1. The van der Waals surface area contributed by atoms with Crippen LogP contribution in [0.2, 0.25) is 0 Å². The first-order valence-corrected chi connectivity index (χ1v) is 10.1. The zero-order valence-corrected chi connectivity index (χ0v) is 17.4. The van der Waals surface area contributed by atoms with Gasteiger partial charge in [0.25, 0.3) is 6.47 Å². The molecule has 0 aliphatic rings. The summed E-state index contributed by atoms with van der Waals surface area (Å²) in [7, 11) is 0. The predicted molar refractivity (Wildman–Crippen MR) is 117 cm³/mol. The van der Waals surface area contributed by atoms with Crippen molar-refractivity contribution in [1.82, 2.24) is 24.9 Å². The van der Waals surface area contributed by atoms with Gasteiger partial charge in [-0.3, -0.25) is 14.8 Å². The molecule has 0 saturated carbocycles. The Balaban J connectivity index is 0.000000913. The minimum atomic E-state index is -1.06. The van der Waals surface area contributed by atoms with Crippen LogP contribution in [0.5, 0.6) is 5.75 Å². The molecule has 0 fully saturated rings. The van der Waals surface area contributed by atoms with Crippen LogP contribution in [-0.4, -0.2) is 60.7 Å². The van der Waals surface area contributed by atoms with Gasteiger partial charge in [0.1, 0.15) is 28.4 Å². The molecule has 4 rings (SSSR count). The van der Waals surface area contributed by atoms with Gasteiger partial charge in [-0.2, -0.15) is 0 Å². The SMILES string of the molecule is O=C(O)c1ccc(OCCCNc2ncnc3scc(-c4cnccn4)c23)cn1.O=CO. The van der Waals surface area contributed by atoms with E-state index < -0.39 is 5.97 Å². The Morgan fingerprint density at radius 2 is 2.00 bits per heavy atom. The second kappa shape index (κ2) is 11.3. The van der Waals surface area contributed by atoms with Crippen molar-refractivity contribution < 1.29 is 24.5 Å². The molecule has 0 atom stereocenters. The van der Waals surface area contributed by atoms with Crippen LogP contribution in [0.25, 0.3) is 21.5 Å². The van der Waals surface area contributed by atoms with Crippen molar-refractivity contribution in [3.05, 3.63) is 54.3 Å². The van der Waals surface area contributed by atoms with Crippen molar-refractivity contribution in [3.8, 4) is 17.0 Å². The largest absolute Gasteiger partial charge is 0.492 e. The summed E-state index contributed by atoms with van der Waals surface area (Å²) in [5.41, 5.74) is 1.71. The molecule has 0 aliphatic heterocycles. The van der Waals surface area contributed by atoms with Crippen LogP contribution in [-0.2, 0) is 4.79 Å². The second-order valence-electron chi connectivity index (χ2n) is 6.06. The van der Waals surface area contributed by atoms with Gasteiger partial charge in [0.15, 0.2) is 0 Å². The van der Waals surface area contributed by atoms with E-state index in [0.717, 1.165) is 33.7 Å². The summed E-state index contributed by atoms with van der Waals surface area (Å²) in [6.07, 6.45) is 8.67. The first-order chi connectivity index (χ1) is 15.6. The van der Waals surface area contributed by atoms with Crippen molar-refractivity contribution >= 4 is 39.8 Å². The zero-order chi connectivity index (χ0) is 22.8. The van der Waals surface area contributed by atoms with Crippen LogP contribution in [0, 0.1) is 0 Å². The molecular weight excluding hydrogens is 436 g/mol. The zero-order valence-electron chi connectivity index (χ0n) is 16.6. The second-order valence-corrected chi connectivity index (χ2v) is 6.92. The Labute approximate surface area is 185 Å². The number of fused-ring (bicyclic) bond motifs is 1. The van der Waals surface area contributed by atoms with E-state index in [9.17, 15) is 4.79 Å². The number of hydrogen-bond acceptors (Lipinski definition) is 10. The Bertz CT molecular complexity index is 1170. The summed E-state index contributed by atoms with van der Waals surface area (Å²) in [6, 6.07) is 3.01. The van der Waals surface area contributed by atoms with Gasteiger partial charge in [-0.1, -0.05) is 0 Å². The lowest BCUT2D eigenvalue weighted by Gasteiger charge is -2.09. The van der Waals surface area contributed by atoms with Crippen LogP contribution < -0.4 is 10.1 Å². The molecule has 4 aromatic rings. The van der Waals surface area contributed by atoms with Gasteiger partial charge in [0.05, 0.1) is 30.1 Å². The Morgan fingerprint density at radius 3 is 2.69 bits per heavy atom. The molecule has 164 valence electrons. The van der Waals surface area contributed by atoms with E-state index in [-0.39, 0.29) is 12.2 Å². The molecule has 0 amide bonds. The highest BCUT2D eigenvalue weighted by molar-refractivity contribution is 7.17. The third-order valence-corrected chi connectivity index (χ3v) is 4.93. The lowest BCUT2D eigenvalue weighted by Crippen LogP contribution is -2.09. The lowest BCUT2D eigenvalue weighted by atomic mass is 10.2. The highest BCUT2D eigenvalue weighted by Gasteiger charge is 2.13. The van der Waals surface area contributed by atoms with Gasteiger partial charge >= 0.3 is 5.97 Å². The molecule has 0 unspecified atom stereocenters. The molecule has 0 bridgehead atoms. The fraction of sp³-hybridized carbons (Fsp3) is 0.150. The molecule has 11 nitrogen and oxygen atoms in total. The number of rotatable bonds is 8. The van der Waals surface area contributed by atoms with Gasteiger partial charge in [0.2, 0.25) is 0 Å². The number of carbonyl (C=O) groups is 2. The molecular formula is C20H18N6O5S. The number of aromatic carboxylic acids is 1. The molecule has 0 aliphatic carbocycles. The van der Waals surface area contributed by atoms with Crippen molar-refractivity contribution in [1.29, 1.82) is 0 Å². The smallest absolute Gasteiger partial charge is 0.354 e. The molecule has 0 spiro atoms. The molecule has 0 saturated heterocycles. The lowest BCUT2D eigenvalue weighted by molar-refractivity contribution is -0.122. The van der Waals surface area contributed by atoms with Crippen LogP contribution in [0.15, 0.2) is 48.6 Å². The average Bonchev–Trinajstić information content (AvgIpc) is 3.25. The number of thiophene rings is 1. The summed E-state index contributed by atoms with van der Waals surface area (Å²) < 4.78 is 5.60. The number of anilines is 1. The Kier molecular flexibility index (Phi) is 7.92. The molecule has 0 radical (unpaired) electrons. The Morgan fingerprint density at radius 1 is 1.16 bits per heavy atom. The first kappa shape index (κ1) is 22.5. The maximum Gasteiger partial charge on any atom is 0.354 e. The quantitative estimate of drug-likeness (QED) is 0.265. The summed E-state index contributed by atoms with van der Waals surface area (Å²) in [6.45, 7) is 0.846. The molecule has 32 heavy (non-hydrogen) atoms. The molecule has 12 heteroatoms. The van der Waals surface area contributed by atoms with Crippen LogP contribution >= 0.6 is 11.3 Å². The fourth-order valence-corrected chi connectivity index (χ4v) is 3.60. The maximum absolute atomic E-state index is 10.8. The van der Waals surface area contributed by atoms with E-state index >= 15 is 0 Å². The minimum Gasteiger partial charge on any atom is -0.492 e. The number of nitrogens with one attached hydrogen (secondary N) is 1. The van der Waals surface area contributed by atoms with Crippen LogP contribution in [0.3, 0.4) is 0 Å².